The van der Waals surface area contributed by atoms with Crippen molar-refractivity contribution in [1.29, 1.82) is 0 Å². The van der Waals surface area contributed by atoms with Crippen LogP contribution in [0.25, 0.3) is 0 Å². The minimum Gasteiger partial charge on any atom is -0.490 e. The Kier molecular flexibility index (Phi) is 8.91. The molecule has 0 heterocycles. The van der Waals surface area contributed by atoms with Gasteiger partial charge in [-0.15, -0.1) is 0 Å². The van der Waals surface area contributed by atoms with Gasteiger partial charge in [0.05, 0.1) is 23.4 Å². The van der Waals surface area contributed by atoms with Crippen LogP contribution in [0.2, 0.25) is 5.02 Å². The third kappa shape index (κ3) is 7.47. The smallest absolute Gasteiger partial charge is 0.416 e. The predicted octanol–water partition coefficient (Wildman–Crippen LogP) is 5.54. The van der Waals surface area contributed by atoms with Crippen LogP contribution >= 0.6 is 11.6 Å². The van der Waals surface area contributed by atoms with Crippen LogP contribution in [0.5, 0.6) is 11.5 Å². The van der Waals surface area contributed by atoms with Crippen molar-refractivity contribution in [3.05, 3.63) is 88.4 Å². The first kappa shape index (κ1) is 26.6. The van der Waals surface area contributed by atoms with Crippen molar-refractivity contribution in [2.45, 2.75) is 13.1 Å². The molecule has 0 fully saturated rings. The number of halogens is 4. The predicted molar refractivity (Wildman–Crippen MR) is 130 cm³/mol. The number of hydrazone groups is 1. The van der Waals surface area contributed by atoms with Gasteiger partial charge in [0.2, 0.25) is 0 Å². The van der Waals surface area contributed by atoms with Gasteiger partial charge in [-0.25, -0.2) is 5.43 Å². The zero-order valence-corrected chi connectivity index (χ0v) is 19.7. The van der Waals surface area contributed by atoms with Crippen LogP contribution in [0, 0.1) is 0 Å². The molecule has 0 spiro atoms. The fourth-order valence-electron chi connectivity index (χ4n) is 2.99. The van der Waals surface area contributed by atoms with Crippen molar-refractivity contribution >= 4 is 35.3 Å². The molecule has 0 unspecified atom stereocenters. The Bertz CT molecular complexity index is 1250. The van der Waals surface area contributed by atoms with Crippen LogP contribution in [0.15, 0.2) is 71.8 Å². The summed E-state index contributed by atoms with van der Waals surface area (Å²) in [6.45, 7) is 1.70. The topological polar surface area (TPSA) is 89.0 Å². The molecule has 2 N–H and O–H groups in total. The molecular weight excluding hydrogens is 499 g/mol. The molecule has 0 aliphatic carbocycles. The Hall–Kier alpha value is -4.05. The van der Waals surface area contributed by atoms with E-state index in [0.29, 0.717) is 11.3 Å². The van der Waals surface area contributed by atoms with Gasteiger partial charge in [0.15, 0.2) is 18.1 Å². The van der Waals surface area contributed by atoms with E-state index in [0.717, 1.165) is 18.2 Å². The summed E-state index contributed by atoms with van der Waals surface area (Å²) >= 11 is 6.32. The molecule has 0 saturated carbocycles. The Balaban J connectivity index is 1.67. The summed E-state index contributed by atoms with van der Waals surface area (Å²) in [4.78, 5) is 24.4. The number of amides is 2. The van der Waals surface area contributed by atoms with Crippen molar-refractivity contribution in [3.63, 3.8) is 0 Å². The van der Waals surface area contributed by atoms with E-state index in [-0.39, 0.29) is 35.3 Å². The normalized spacial score (nSPS) is 11.2. The number of carbonyl (C=O) groups is 2. The van der Waals surface area contributed by atoms with E-state index >= 15 is 0 Å². The minimum absolute atomic E-state index is 0.124. The fraction of sp³-hybridized carbons (Fsp3) is 0.160. The second kappa shape index (κ2) is 12.1. The molecule has 0 saturated heterocycles. The second-order valence-electron chi connectivity index (χ2n) is 7.24. The second-order valence-corrected chi connectivity index (χ2v) is 7.65. The van der Waals surface area contributed by atoms with Crippen molar-refractivity contribution in [1.82, 2.24) is 5.43 Å². The molecule has 3 aromatic rings. The van der Waals surface area contributed by atoms with Gasteiger partial charge in [0.1, 0.15) is 0 Å². The summed E-state index contributed by atoms with van der Waals surface area (Å²) in [5, 5.41) is 6.59. The van der Waals surface area contributed by atoms with E-state index in [4.69, 9.17) is 21.1 Å². The molecule has 3 rings (SSSR count). The lowest BCUT2D eigenvalue weighted by Crippen LogP contribution is -2.20. The highest BCUT2D eigenvalue weighted by molar-refractivity contribution is 6.32. The van der Waals surface area contributed by atoms with Crippen LogP contribution in [-0.4, -0.2) is 31.2 Å². The van der Waals surface area contributed by atoms with Gasteiger partial charge < -0.3 is 14.8 Å². The van der Waals surface area contributed by atoms with E-state index in [2.05, 4.69) is 15.8 Å². The van der Waals surface area contributed by atoms with Crippen LogP contribution in [-0.2, 0) is 11.0 Å². The lowest BCUT2D eigenvalue weighted by Gasteiger charge is -2.14. The average molecular weight is 520 g/mol. The molecule has 3 aromatic carbocycles. The first-order chi connectivity index (χ1) is 17.2. The highest BCUT2D eigenvalue weighted by Gasteiger charge is 2.30. The van der Waals surface area contributed by atoms with Crippen LogP contribution < -0.4 is 20.2 Å². The maximum atomic E-state index is 12.9. The number of para-hydroxylation sites is 1. The number of anilines is 1. The van der Waals surface area contributed by atoms with Gasteiger partial charge in [-0.1, -0.05) is 35.9 Å². The molecule has 36 heavy (non-hydrogen) atoms. The van der Waals surface area contributed by atoms with Crippen LogP contribution in [0.4, 0.5) is 18.9 Å². The van der Waals surface area contributed by atoms with Crippen LogP contribution in [0.3, 0.4) is 0 Å². The molecule has 0 radical (unpaired) electrons. The SMILES string of the molecule is CCOc1cc(/C=N\NC(=O)c2cccc(C(F)(F)F)c2)cc(Cl)c1OCC(=O)Nc1ccccc1. The number of ether oxygens (including phenoxy) is 2. The van der Waals surface area contributed by atoms with E-state index in [9.17, 15) is 22.8 Å². The summed E-state index contributed by atoms with van der Waals surface area (Å²) in [5.41, 5.74) is 2.05. The van der Waals surface area contributed by atoms with E-state index in [1.54, 1.807) is 31.2 Å². The van der Waals surface area contributed by atoms with E-state index in [1.807, 2.05) is 6.07 Å². The average Bonchev–Trinajstić information content (AvgIpc) is 2.84. The van der Waals surface area contributed by atoms with Crippen molar-refractivity contribution in [2.75, 3.05) is 18.5 Å². The van der Waals surface area contributed by atoms with Gasteiger partial charge in [-0.2, -0.15) is 18.3 Å². The molecule has 0 aliphatic heterocycles. The number of hydrogen-bond acceptors (Lipinski definition) is 5. The number of nitrogens with one attached hydrogen (secondary N) is 2. The van der Waals surface area contributed by atoms with Crippen molar-refractivity contribution in [3.8, 4) is 11.5 Å². The number of rotatable bonds is 9. The lowest BCUT2D eigenvalue weighted by atomic mass is 10.1. The molecular formula is C25H21ClF3N3O4. The number of nitrogens with zero attached hydrogens (tertiary/aromatic N) is 1. The molecule has 0 aromatic heterocycles. The minimum atomic E-state index is -4.57. The first-order valence-electron chi connectivity index (χ1n) is 10.6. The molecule has 0 atom stereocenters. The molecule has 2 amide bonds. The summed E-state index contributed by atoms with van der Waals surface area (Å²) in [6.07, 6.45) is -3.33. The zero-order chi connectivity index (χ0) is 26.1. The maximum absolute atomic E-state index is 12.9. The van der Waals surface area contributed by atoms with Crippen molar-refractivity contribution in [2.24, 2.45) is 5.10 Å². The number of alkyl halides is 3. The standard InChI is InChI=1S/C25H21ClF3N3O4/c1-2-35-21-12-16(14-30-32-24(34)17-7-6-8-18(13-17)25(27,28)29)11-20(26)23(21)36-15-22(33)31-19-9-4-3-5-10-19/h3-14H,2,15H2,1H3,(H,31,33)(H,32,34)/b30-14-. The van der Waals surface area contributed by atoms with Gasteiger partial charge in [-0.3, -0.25) is 9.59 Å². The zero-order valence-electron chi connectivity index (χ0n) is 18.9. The Morgan fingerprint density at radius 1 is 1.03 bits per heavy atom. The highest BCUT2D eigenvalue weighted by Crippen LogP contribution is 2.36. The maximum Gasteiger partial charge on any atom is 0.416 e. The molecule has 0 bridgehead atoms. The van der Waals surface area contributed by atoms with Gasteiger partial charge >= 0.3 is 6.18 Å². The van der Waals surface area contributed by atoms with Gasteiger partial charge in [0, 0.05) is 11.3 Å². The molecule has 0 aliphatic rings. The van der Waals surface area contributed by atoms with E-state index in [1.165, 1.54) is 24.4 Å². The summed E-state index contributed by atoms with van der Waals surface area (Å²) in [5.74, 6) is -0.837. The quantitative estimate of drug-likeness (QED) is 0.287. The summed E-state index contributed by atoms with van der Waals surface area (Å²) in [7, 11) is 0. The lowest BCUT2D eigenvalue weighted by molar-refractivity contribution is -0.137. The molecule has 188 valence electrons. The van der Waals surface area contributed by atoms with Crippen LogP contribution in [0.1, 0.15) is 28.4 Å². The largest absolute Gasteiger partial charge is 0.490 e. The third-order valence-electron chi connectivity index (χ3n) is 4.57. The molecule has 11 heteroatoms. The van der Waals surface area contributed by atoms with E-state index < -0.39 is 23.6 Å². The van der Waals surface area contributed by atoms with Gasteiger partial charge in [-0.05, 0) is 55.0 Å². The summed E-state index contributed by atoms with van der Waals surface area (Å²) < 4.78 is 49.7. The number of benzene rings is 3. The van der Waals surface area contributed by atoms with Gasteiger partial charge in [0.25, 0.3) is 11.8 Å². The Morgan fingerprint density at radius 2 is 1.78 bits per heavy atom. The highest BCUT2D eigenvalue weighted by atomic mass is 35.5. The summed E-state index contributed by atoms with van der Waals surface area (Å²) in [6, 6.07) is 15.8. The Labute approximate surface area is 209 Å². The molecule has 7 nitrogen and oxygen atoms in total. The monoisotopic (exact) mass is 519 g/mol. The fourth-order valence-corrected chi connectivity index (χ4v) is 3.26. The Morgan fingerprint density at radius 3 is 2.47 bits per heavy atom. The van der Waals surface area contributed by atoms with Crippen molar-refractivity contribution < 1.29 is 32.2 Å². The number of carbonyl (C=O) groups excluding carboxylic acids is 2. The number of hydrogen-bond donors (Lipinski definition) is 2. The first-order valence-corrected chi connectivity index (χ1v) is 11.0. The third-order valence-corrected chi connectivity index (χ3v) is 4.85.